The van der Waals surface area contributed by atoms with E-state index < -0.39 is 10.0 Å². The lowest BCUT2D eigenvalue weighted by atomic mass is 9.99. The van der Waals surface area contributed by atoms with E-state index >= 15 is 0 Å². The van der Waals surface area contributed by atoms with Crippen LogP contribution in [0.25, 0.3) is 0 Å². The van der Waals surface area contributed by atoms with E-state index in [0.29, 0.717) is 36.5 Å². The lowest BCUT2D eigenvalue weighted by Gasteiger charge is -2.31. The maximum atomic E-state index is 12.8. The molecule has 8 heteroatoms. The number of carbonyl (C=O) groups is 1. The zero-order chi connectivity index (χ0) is 20.9. The van der Waals surface area contributed by atoms with Gasteiger partial charge in [-0.2, -0.15) is 0 Å². The fourth-order valence-electron chi connectivity index (χ4n) is 3.37. The summed E-state index contributed by atoms with van der Waals surface area (Å²) in [7, 11) is -1.89. The molecule has 156 valence electrons. The van der Waals surface area contributed by atoms with Gasteiger partial charge in [0, 0.05) is 24.7 Å². The van der Waals surface area contributed by atoms with Gasteiger partial charge in [-0.15, -0.1) is 0 Å². The van der Waals surface area contributed by atoms with Crippen LogP contribution in [0.4, 0.5) is 0 Å². The van der Waals surface area contributed by atoms with Crippen LogP contribution < -0.4 is 10.1 Å². The van der Waals surface area contributed by atoms with Gasteiger partial charge >= 0.3 is 0 Å². The number of carbonyl (C=O) groups excluding carboxylic acids is 1. The molecule has 1 atom stereocenters. The van der Waals surface area contributed by atoms with E-state index in [2.05, 4.69) is 5.32 Å². The van der Waals surface area contributed by atoms with Crippen LogP contribution in [0, 0.1) is 5.92 Å². The number of nitrogens with zero attached hydrogens (tertiary/aromatic N) is 1. The van der Waals surface area contributed by atoms with Crippen molar-refractivity contribution in [1.82, 2.24) is 9.62 Å². The maximum Gasteiger partial charge on any atom is 0.224 e. The molecule has 1 N–H and O–H groups in total. The molecular weight excluding hydrogens is 412 g/mol. The number of halogens is 1. The summed E-state index contributed by atoms with van der Waals surface area (Å²) in [5.41, 5.74) is 1.64. The molecule has 1 amide bonds. The number of hydrogen-bond acceptors (Lipinski definition) is 4. The highest BCUT2D eigenvalue weighted by atomic mass is 35.5. The average Bonchev–Trinajstić information content (AvgIpc) is 2.74. The predicted molar refractivity (Wildman–Crippen MR) is 113 cm³/mol. The van der Waals surface area contributed by atoms with Crippen molar-refractivity contribution in [3.8, 4) is 5.75 Å². The van der Waals surface area contributed by atoms with Gasteiger partial charge in [0.15, 0.2) is 0 Å². The third-order valence-corrected chi connectivity index (χ3v) is 7.10. The number of benzene rings is 2. The Labute approximate surface area is 176 Å². The molecule has 0 unspecified atom stereocenters. The Hall–Kier alpha value is -2.09. The van der Waals surface area contributed by atoms with Gasteiger partial charge in [-0.1, -0.05) is 35.9 Å². The second kappa shape index (κ2) is 9.61. The molecular formula is C21H25ClN2O4S. The summed E-state index contributed by atoms with van der Waals surface area (Å²) in [5.74, 6) is 0.202. The molecule has 6 nitrogen and oxygen atoms in total. The van der Waals surface area contributed by atoms with Gasteiger partial charge in [0.2, 0.25) is 15.9 Å². The van der Waals surface area contributed by atoms with Crippen molar-refractivity contribution < 1.29 is 17.9 Å². The van der Waals surface area contributed by atoms with E-state index in [9.17, 15) is 13.2 Å². The van der Waals surface area contributed by atoms with E-state index in [1.54, 1.807) is 31.4 Å². The Morgan fingerprint density at radius 2 is 1.79 bits per heavy atom. The standard InChI is InChI=1S/C21H25ClN2O4S/c1-28-20-10-6-16(7-11-20)13-23-21(25)18-3-2-12-24(14-18)29(26,27)15-17-4-8-19(22)9-5-17/h4-11,18H,2-3,12-15H2,1H3,(H,23,25)/t18-/m1/s1. The van der Waals surface area contributed by atoms with Crippen molar-refractivity contribution in [1.29, 1.82) is 0 Å². The minimum Gasteiger partial charge on any atom is -0.497 e. The van der Waals surface area contributed by atoms with Crippen LogP contribution in [0.5, 0.6) is 5.75 Å². The van der Waals surface area contributed by atoms with E-state index in [4.69, 9.17) is 16.3 Å². The Bertz CT molecular complexity index is 930. The number of nitrogens with one attached hydrogen (secondary N) is 1. The molecule has 2 aromatic carbocycles. The summed E-state index contributed by atoms with van der Waals surface area (Å²) >= 11 is 5.86. The smallest absolute Gasteiger partial charge is 0.224 e. The summed E-state index contributed by atoms with van der Waals surface area (Å²) in [5, 5.41) is 3.49. The lowest BCUT2D eigenvalue weighted by molar-refractivity contribution is -0.126. The Balaban J connectivity index is 1.57. The summed E-state index contributed by atoms with van der Waals surface area (Å²) in [6.07, 6.45) is 1.35. The van der Waals surface area contributed by atoms with Gasteiger partial charge in [0.25, 0.3) is 0 Å². The topological polar surface area (TPSA) is 75.7 Å². The van der Waals surface area contributed by atoms with Gasteiger partial charge in [-0.25, -0.2) is 12.7 Å². The molecule has 2 aromatic rings. The zero-order valence-corrected chi connectivity index (χ0v) is 17.9. The zero-order valence-electron chi connectivity index (χ0n) is 16.3. The second-order valence-electron chi connectivity index (χ2n) is 7.15. The Morgan fingerprint density at radius 1 is 1.14 bits per heavy atom. The normalized spacial score (nSPS) is 17.7. The molecule has 1 fully saturated rings. The lowest BCUT2D eigenvalue weighted by Crippen LogP contribution is -2.45. The van der Waals surface area contributed by atoms with Crippen molar-refractivity contribution in [2.75, 3.05) is 20.2 Å². The molecule has 3 rings (SSSR count). The number of ether oxygens (including phenoxy) is 1. The van der Waals surface area contributed by atoms with Crippen molar-refractivity contribution >= 4 is 27.5 Å². The monoisotopic (exact) mass is 436 g/mol. The van der Waals surface area contributed by atoms with Gasteiger partial charge in [0.05, 0.1) is 18.8 Å². The summed E-state index contributed by atoms with van der Waals surface area (Å²) in [6.45, 7) is 1.05. The minimum atomic E-state index is -3.49. The third-order valence-electron chi connectivity index (χ3n) is 5.04. The highest BCUT2D eigenvalue weighted by Crippen LogP contribution is 2.22. The number of hydrogen-bond donors (Lipinski definition) is 1. The van der Waals surface area contributed by atoms with Crippen LogP contribution >= 0.6 is 11.6 Å². The first-order valence-corrected chi connectivity index (χ1v) is 11.5. The first kappa shape index (κ1) is 21.6. The number of amides is 1. The van der Waals surface area contributed by atoms with Crippen LogP contribution in [-0.2, 0) is 27.1 Å². The summed E-state index contributed by atoms with van der Waals surface area (Å²) in [6, 6.07) is 14.2. The quantitative estimate of drug-likeness (QED) is 0.723. The predicted octanol–water partition coefficient (Wildman–Crippen LogP) is 3.21. The van der Waals surface area contributed by atoms with Crippen molar-refractivity contribution in [3.05, 3.63) is 64.7 Å². The SMILES string of the molecule is COc1ccc(CNC(=O)[C@@H]2CCCN(S(=O)(=O)Cc3ccc(Cl)cc3)C2)cc1. The first-order chi connectivity index (χ1) is 13.9. The molecule has 0 aromatic heterocycles. The summed E-state index contributed by atoms with van der Waals surface area (Å²) < 4.78 is 32.2. The van der Waals surface area contributed by atoms with Gasteiger partial charge in [-0.3, -0.25) is 4.79 Å². The van der Waals surface area contributed by atoms with Crippen molar-refractivity contribution in [2.45, 2.75) is 25.1 Å². The van der Waals surface area contributed by atoms with Crippen LogP contribution in [-0.4, -0.2) is 38.8 Å². The number of piperidine rings is 1. The molecule has 1 aliphatic rings. The number of sulfonamides is 1. The molecule has 1 heterocycles. The molecule has 0 radical (unpaired) electrons. The van der Waals surface area contributed by atoms with Crippen LogP contribution in [0.15, 0.2) is 48.5 Å². The first-order valence-electron chi connectivity index (χ1n) is 9.50. The van der Waals surface area contributed by atoms with E-state index in [1.807, 2.05) is 24.3 Å². The molecule has 29 heavy (non-hydrogen) atoms. The number of rotatable bonds is 7. The highest BCUT2D eigenvalue weighted by Gasteiger charge is 2.32. The van der Waals surface area contributed by atoms with Gasteiger partial charge in [-0.05, 0) is 48.2 Å². The van der Waals surface area contributed by atoms with Crippen LogP contribution in [0.2, 0.25) is 5.02 Å². The van der Waals surface area contributed by atoms with E-state index in [1.165, 1.54) is 4.31 Å². The molecule has 0 saturated carbocycles. The van der Waals surface area contributed by atoms with Crippen LogP contribution in [0.1, 0.15) is 24.0 Å². The number of methoxy groups -OCH3 is 1. The molecule has 1 saturated heterocycles. The molecule has 0 aliphatic carbocycles. The highest BCUT2D eigenvalue weighted by molar-refractivity contribution is 7.88. The summed E-state index contributed by atoms with van der Waals surface area (Å²) in [4.78, 5) is 12.6. The Kier molecular flexibility index (Phi) is 7.16. The Morgan fingerprint density at radius 3 is 2.45 bits per heavy atom. The maximum absolute atomic E-state index is 12.8. The van der Waals surface area contributed by atoms with Crippen LogP contribution in [0.3, 0.4) is 0 Å². The van der Waals surface area contributed by atoms with Gasteiger partial charge in [0.1, 0.15) is 5.75 Å². The fourth-order valence-corrected chi connectivity index (χ4v) is 5.11. The average molecular weight is 437 g/mol. The van der Waals surface area contributed by atoms with E-state index in [-0.39, 0.29) is 24.1 Å². The van der Waals surface area contributed by atoms with Gasteiger partial charge < -0.3 is 10.1 Å². The second-order valence-corrected chi connectivity index (χ2v) is 9.55. The molecule has 1 aliphatic heterocycles. The molecule has 0 spiro atoms. The molecule has 0 bridgehead atoms. The largest absolute Gasteiger partial charge is 0.497 e. The van der Waals surface area contributed by atoms with E-state index in [0.717, 1.165) is 11.3 Å². The van der Waals surface area contributed by atoms with Crippen molar-refractivity contribution in [2.24, 2.45) is 5.92 Å². The minimum absolute atomic E-state index is 0.0929. The van der Waals surface area contributed by atoms with Crippen molar-refractivity contribution in [3.63, 3.8) is 0 Å². The third kappa shape index (κ3) is 5.95. The fraction of sp³-hybridized carbons (Fsp3) is 0.381.